The molecule has 2 N–H and O–H groups in total. The van der Waals surface area contributed by atoms with Crippen LogP contribution in [-0.4, -0.2) is 30.5 Å². The number of hydrogen-bond acceptors (Lipinski definition) is 6. The Morgan fingerprint density at radius 3 is 2.67 bits per heavy atom. The third kappa shape index (κ3) is 3.62. The summed E-state index contributed by atoms with van der Waals surface area (Å²) in [6.07, 6.45) is 0. The van der Waals surface area contributed by atoms with Gasteiger partial charge in [0.1, 0.15) is 11.4 Å². The molecule has 27 heavy (non-hydrogen) atoms. The van der Waals surface area contributed by atoms with Crippen LogP contribution in [0.25, 0.3) is 5.65 Å². The molecule has 3 rings (SSSR count). The molecule has 0 aliphatic rings. The molecule has 2 heterocycles. The number of nitro groups is 1. The fourth-order valence-electron chi connectivity index (χ4n) is 2.34. The van der Waals surface area contributed by atoms with Gasteiger partial charge < -0.3 is 10.4 Å². The number of aryl methyl sites for hydroxylation is 1. The number of hydrogen-bond donors (Lipinski definition) is 2. The van der Waals surface area contributed by atoms with Crippen molar-refractivity contribution in [3.63, 3.8) is 0 Å². The van der Waals surface area contributed by atoms with Gasteiger partial charge in [-0.1, -0.05) is 0 Å². The van der Waals surface area contributed by atoms with Crippen LogP contribution in [0.3, 0.4) is 0 Å². The summed E-state index contributed by atoms with van der Waals surface area (Å²) in [6.45, 7) is 1.48. The Morgan fingerprint density at radius 1 is 1.37 bits per heavy atom. The van der Waals surface area contributed by atoms with Crippen LogP contribution in [0.15, 0.2) is 30.3 Å². The number of carbonyl (C=O) groups is 1. The molecule has 12 heteroatoms. The number of aromatic nitrogens is 3. The number of alkyl halides is 3. The van der Waals surface area contributed by atoms with Crippen molar-refractivity contribution in [3.05, 3.63) is 57.5 Å². The summed E-state index contributed by atoms with van der Waals surface area (Å²) in [5, 5.41) is 22.8. The maximum atomic E-state index is 13.6. The van der Waals surface area contributed by atoms with E-state index in [2.05, 4.69) is 15.4 Å². The number of non-ortho nitro benzene ring substituents is 1. The number of phenolic OH excluding ortho intramolecular Hbond substituents is 1. The molecule has 0 radical (unpaired) electrons. The third-order valence-electron chi connectivity index (χ3n) is 3.52. The summed E-state index contributed by atoms with van der Waals surface area (Å²) >= 11 is 5.08. The average Bonchev–Trinajstić information content (AvgIpc) is 2.98. The van der Waals surface area contributed by atoms with E-state index in [4.69, 9.17) is 11.6 Å². The van der Waals surface area contributed by atoms with Crippen molar-refractivity contribution in [2.24, 2.45) is 0 Å². The summed E-state index contributed by atoms with van der Waals surface area (Å²) in [5.74, 6) is -1.38. The molecule has 3 aromatic rings. The number of amides is 1. The van der Waals surface area contributed by atoms with Gasteiger partial charge in [0.15, 0.2) is 11.3 Å². The Morgan fingerprint density at radius 2 is 2.07 bits per heavy atom. The number of fused-ring (bicyclic) bond motifs is 1. The van der Waals surface area contributed by atoms with Gasteiger partial charge in [-0.05, 0) is 30.7 Å². The largest absolute Gasteiger partial charge is 0.506 e. The number of nitrogens with one attached hydrogen (secondary N) is 1. The van der Waals surface area contributed by atoms with Crippen LogP contribution in [0.2, 0.25) is 0 Å². The minimum absolute atomic E-state index is 0.0246. The van der Waals surface area contributed by atoms with Crippen molar-refractivity contribution in [1.29, 1.82) is 0 Å². The monoisotopic (exact) mass is 397 g/mol. The summed E-state index contributed by atoms with van der Waals surface area (Å²) in [4.78, 5) is 26.3. The molecule has 9 nitrogen and oxygen atoms in total. The average molecular weight is 398 g/mol. The Labute approximate surface area is 154 Å². The van der Waals surface area contributed by atoms with E-state index in [0.717, 1.165) is 34.8 Å². The van der Waals surface area contributed by atoms with Crippen molar-refractivity contribution in [1.82, 2.24) is 14.6 Å². The van der Waals surface area contributed by atoms with Gasteiger partial charge in [0.2, 0.25) is 0 Å². The van der Waals surface area contributed by atoms with Crippen molar-refractivity contribution < 1.29 is 23.6 Å². The third-order valence-corrected chi connectivity index (χ3v) is 3.71. The lowest BCUT2D eigenvalue weighted by Gasteiger charge is -2.10. The zero-order valence-corrected chi connectivity index (χ0v) is 14.2. The molecule has 2 aromatic heterocycles. The van der Waals surface area contributed by atoms with Gasteiger partial charge in [0.25, 0.3) is 11.6 Å². The molecular weight excluding hydrogens is 388 g/mol. The molecule has 1 amide bonds. The molecule has 0 fully saturated rings. The number of aromatic hydroxyl groups is 1. The maximum Gasteiger partial charge on any atom is 0.364 e. The highest BCUT2D eigenvalue weighted by Crippen LogP contribution is 2.33. The number of benzene rings is 1. The van der Waals surface area contributed by atoms with Crippen molar-refractivity contribution in [2.75, 3.05) is 5.32 Å². The van der Waals surface area contributed by atoms with E-state index in [9.17, 15) is 28.8 Å². The summed E-state index contributed by atoms with van der Waals surface area (Å²) in [6, 6.07) is 5.27. The van der Waals surface area contributed by atoms with Gasteiger partial charge in [-0.3, -0.25) is 14.9 Å². The quantitative estimate of drug-likeness (QED) is 0.301. The predicted molar refractivity (Wildman–Crippen MR) is 90.2 cm³/mol. The smallest absolute Gasteiger partial charge is 0.364 e. The van der Waals surface area contributed by atoms with Crippen LogP contribution in [0.5, 0.6) is 5.75 Å². The minimum atomic E-state index is -3.73. The summed E-state index contributed by atoms with van der Waals surface area (Å²) in [5.41, 5.74) is -1.19. The fourth-order valence-corrected chi connectivity index (χ4v) is 2.47. The van der Waals surface area contributed by atoms with Crippen LogP contribution in [0.1, 0.15) is 21.9 Å². The highest BCUT2D eigenvalue weighted by Gasteiger charge is 2.32. The number of carbonyl (C=O) groups excluding carboxylic acids is 1. The van der Waals surface area contributed by atoms with E-state index in [0.29, 0.717) is 0 Å². The van der Waals surface area contributed by atoms with E-state index >= 15 is 0 Å². The molecular formula is C15H10ClF2N5O4. The van der Waals surface area contributed by atoms with Crippen LogP contribution in [0, 0.1) is 17.0 Å². The minimum Gasteiger partial charge on any atom is -0.506 e. The fraction of sp³-hybridized carbons (Fsp3) is 0.133. The maximum absolute atomic E-state index is 13.6. The van der Waals surface area contributed by atoms with Gasteiger partial charge in [0, 0.05) is 17.8 Å². The number of nitrogens with zero attached hydrogens (tertiary/aromatic N) is 4. The Kier molecular flexibility index (Phi) is 4.39. The van der Waals surface area contributed by atoms with Crippen LogP contribution < -0.4 is 5.32 Å². The molecule has 0 aliphatic heterocycles. The van der Waals surface area contributed by atoms with E-state index in [1.165, 1.54) is 6.92 Å². The highest BCUT2D eigenvalue weighted by atomic mass is 35.5. The first-order valence-corrected chi connectivity index (χ1v) is 7.67. The molecule has 0 saturated carbocycles. The Bertz CT molecular complexity index is 1080. The first-order chi connectivity index (χ1) is 12.6. The number of halogens is 3. The number of anilines is 1. The lowest BCUT2D eigenvalue weighted by atomic mass is 10.2. The van der Waals surface area contributed by atoms with Crippen molar-refractivity contribution >= 4 is 34.5 Å². The highest BCUT2D eigenvalue weighted by molar-refractivity contribution is 6.21. The number of nitro benzene ring substituents is 1. The second kappa shape index (κ2) is 6.43. The standard InChI is InChI=1S/C15H10ClF2N5O4/c1-7-4-12(15(16,17)18)22-13(19-7)6-10(21-22)14(25)20-9-3-2-8(23(26)27)5-11(9)24/h2-6,24H,1H3,(H,20,25). The Balaban J connectivity index is 1.96. The lowest BCUT2D eigenvalue weighted by molar-refractivity contribution is -0.384. The lowest BCUT2D eigenvalue weighted by Crippen LogP contribution is -2.15. The zero-order valence-electron chi connectivity index (χ0n) is 13.5. The number of phenols is 1. The molecule has 0 bridgehead atoms. The molecule has 0 atom stereocenters. The number of rotatable bonds is 4. The predicted octanol–water partition coefficient (Wildman–Crippen LogP) is 3.19. The Hall–Kier alpha value is -3.34. The van der Waals surface area contributed by atoms with E-state index in [1.54, 1.807) is 0 Å². The first kappa shape index (κ1) is 18.5. The molecule has 0 saturated heterocycles. The van der Waals surface area contributed by atoms with Crippen LogP contribution in [0.4, 0.5) is 20.2 Å². The molecule has 0 spiro atoms. The topological polar surface area (TPSA) is 123 Å². The second-order valence-corrected chi connectivity index (χ2v) is 5.97. The van der Waals surface area contributed by atoms with E-state index < -0.39 is 27.7 Å². The molecule has 0 unspecified atom stereocenters. The normalized spacial score (nSPS) is 11.6. The molecule has 1 aromatic carbocycles. The second-order valence-electron chi connectivity index (χ2n) is 5.49. The van der Waals surface area contributed by atoms with Crippen molar-refractivity contribution in [3.8, 4) is 5.75 Å². The van der Waals surface area contributed by atoms with Gasteiger partial charge in [-0.15, -0.1) is 0 Å². The van der Waals surface area contributed by atoms with Gasteiger partial charge >= 0.3 is 5.38 Å². The van der Waals surface area contributed by atoms with Gasteiger partial charge in [-0.25, -0.2) is 9.50 Å². The van der Waals surface area contributed by atoms with E-state index in [-0.39, 0.29) is 28.4 Å². The summed E-state index contributed by atoms with van der Waals surface area (Å²) < 4.78 is 27.9. The molecule has 140 valence electrons. The summed E-state index contributed by atoms with van der Waals surface area (Å²) in [7, 11) is 0. The van der Waals surface area contributed by atoms with Crippen molar-refractivity contribution in [2.45, 2.75) is 12.3 Å². The molecule has 0 aliphatic carbocycles. The SMILES string of the molecule is Cc1cc(C(F)(F)Cl)n2nc(C(=O)Nc3ccc([N+](=O)[O-])cc3O)cc2n1. The first-order valence-electron chi connectivity index (χ1n) is 7.29. The van der Waals surface area contributed by atoms with E-state index in [1.807, 2.05) is 0 Å². The van der Waals surface area contributed by atoms with Crippen LogP contribution >= 0.6 is 11.6 Å². The van der Waals surface area contributed by atoms with Crippen LogP contribution in [-0.2, 0) is 5.38 Å². The van der Waals surface area contributed by atoms with Gasteiger partial charge in [-0.2, -0.15) is 13.9 Å². The van der Waals surface area contributed by atoms with Gasteiger partial charge in [0.05, 0.1) is 16.7 Å². The zero-order chi connectivity index (χ0) is 19.9.